The van der Waals surface area contributed by atoms with Crippen LogP contribution in [0.15, 0.2) is 0 Å². The average molecular weight is 286 g/mol. The Bertz CT molecular complexity index is 213. The molecule has 0 aromatic rings. The maximum atomic E-state index is 12.0. The van der Waals surface area contributed by atoms with Crippen LogP contribution >= 0.6 is 24.8 Å². The number of nitrogens with one attached hydrogen (secondary N) is 1. The molecule has 0 spiro atoms. The van der Waals surface area contributed by atoms with E-state index in [0.29, 0.717) is 12.6 Å². The molecule has 1 aliphatic heterocycles. The van der Waals surface area contributed by atoms with Crippen molar-refractivity contribution in [2.24, 2.45) is 0 Å². The number of likely N-dealkylation sites (N-methyl/N-ethyl adjacent to an activating group) is 1. The third-order valence-electron chi connectivity index (χ3n) is 3.07. The highest BCUT2D eigenvalue weighted by molar-refractivity contribution is 5.85. The normalized spacial score (nSPS) is 19.5. The first kappa shape index (κ1) is 19.3. The van der Waals surface area contributed by atoms with Crippen LogP contribution in [0.1, 0.15) is 20.8 Å². The first-order valence-corrected chi connectivity index (χ1v) is 5.91. The number of hydrogen-bond acceptors (Lipinski definition) is 3. The lowest BCUT2D eigenvalue weighted by Crippen LogP contribution is -2.54. The lowest BCUT2D eigenvalue weighted by molar-refractivity contribution is -0.135. The van der Waals surface area contributed by atoms with Gasteiger partial charge in [0, 0.05) is 25.7 Å². The molecule has 1 heterocycles. The molecule has 0 radical (unpaired) electrons. The number of halogens is 2. The van der Waals surface area contributed by atoms with Gasteiger partial charge in [0.2, 0.25) is 5.91 Å². The van der Waals surface area contributed by atoms with Crippen LogP contribution in [0.3, 0.4) is 0 Å². The highest BCUT2D eigenvalue weighted by Gasteiger charge is 2.23. The molecular weight excluding hydrogens is 261 g/mol. The third kappa shape index (κ3) is 5.91. The van der Waals surface area contributed by atoms with Crippen molar-refractivity contribution in [2.45, 2.75) is 26.8 Å². The summed E-state index contributed by atoms with van der Waals surface area (Å²) in [5.41, 5.74) is 0. The minimum atomic E-state index is 0. The highest BCUT2D eigenvalue weighted by Crippen LogP contribution is 2.03. The van der Waals surface area contributed by atoms with Crippen LogP contribution in [0.2, 0.25) is 0 Å². The van der Waals surface area contributed by atoms with Gasteiger partial charge < -0.3 is 10.2 Å². The summed E-state index contributed by atoms with van der Waals surface area (Å²) in [4.78, 5) is 16.2. The highest BCUT2D eigenvalue weighted by atomic mass is 35.5. The molecule has 1 rings (SSSR count). The van der Waals surface area contributed by atoms with E-state index in [9.17, 15) is 4.79 Å². The molecule has 0 aliphatic carbocycles. The summed E-state index contributed by atoms with van der Waals surface area (Å²) in [6.07, 6.45) is 0. The van der Waals surface area contributed by atoms with E-state index in [1.807, 2.05) is 4.90 Å². The van der Waals surface area contributed by atoms with Gasteiger partial charge in [-0.05, 0) is 20.0 Å². The van der Waals surface area contributed by atoms with Crippen molar-refractivity contribution < 1.29 is 4.79 Å². The smallest absolute Gasteiger partial charge is 0.237 e. The van der Waals surface area contributed by atoms with E-state index in [1.54, 1.807) is 0 Å². The van der Waals surface area contributed by atoms with Crippen molar-refractivity contribution in [3.63, 3.8) is 0 Å². The van der Waals surface area contributed by atoms with Crippen LogP contribution in [0.4, 0.5) is 0 Å². The maximum Gasteiger partial charge on any atom is 0.237 e. The minimum Gasteiger partial charge on any atom is -0.336 e. The zero-order valence-electron chi connectivity index (χ0n) is 10.9. The monoisotopic (exact) mass is 285 g/mol. The number of nitrogens with zero attached hydrogens (tertiary/aromatic N) is 2. The number of piperazine rings is 1. The molecular formula is C11H25Cl2N3O. The molecule has 0 unspecified atom stereocenters. The van der Waals surface area contributed by atoms with Crippen LogP contribution in [-0.2, 0) is 4.79 Å². The summed E-state index contributed by atoms with van der Waals surface area (Å²) in [6.45, 7) is 11.4. The summed E-state index contributed by atoms with van der Waals surface area (Å²) >= 11 is 0. The first-order chi connectivity index (χ1) is 7.19. The van der Waals surface area contributed by atoms with E-state index in [0.717, 1.165) is 32.7 Å². The third-order valence-corrected chi connectivity index (χ3v) is 3.07. The molecule has 104 valence electrons. The first-order valence-electron chi connectivity index (χ1n) is 5.91. The van der Waals surface area contributed by atoms with Gasteiger partial charge in [0.05, 0.1) is 6.54 Å². The van der Waals surface area contributed by atoms with E-state index in [-0.39, 0.29) is 30.7 Å². The molecule has 4 nitrogen and oxygen atoms in total. The quantitative estimate of drug-likeness (QED) is 0.837. The fourth-order valence-corrected chi connectivity index (χ4v) is 1.94. The fraction of sp³-hybridized carbons (Fsp3) is 0.909. The van der Waals surface area contributed by atoms with Gasteiger partial charge in [0.15, 0.2) is 0 Å². The van der Waals surface area contributed by atoms with Crippen LogP contribution in [0.25, 0.3) is 0 Å². The summed E-state index contributed by atoms with van der Waals surface area (Å²) in [7, 11) is 0. The van der Waals surface area contributed by atoms with Gasteiger partial charge in [-0.1, -0.05) is 13.8 Å². The van der Waals surface area contributed by atoms with E-state index in [1.165, 1.54) is 0 Å². The summed E-state index contributed by atoms with van der Waals surface area (Å²) in [6, 6.07) is 0.335. The minimum absolute atomic E-state index is 0. The summed E-state index contributed by atoms with van der Waals surface area (Å²) in [5.74, 6) is 0.271. The van der Waals surface area contributed by atoms with E-state index >= 15 is 0 Å². The molecule has 0 bridgehead atoms. The second kappa shape index (κ2) is 9.95. The lowest BCUT2D eigenvalue weighted by atomic mass is 10.2. The molecule has 0 saturated carbocycles. The number of carbonyl (C=O) groups excluding carboxylic acids is 1. The SMILES string of the molecule is CCN(CC)CC(=O)N1CCNC[C@H]1C.Cl.Cl. The van der Waals surface area contributed by atoms with Gasteiger partial charge >= 0.3 is 0 Å². The number of carbonyl (C=O) groups is 1. The lowest BCUT2D eigenvalue weighted by Gasteiger charge is -2.35. The van der Waals surface area contributed by atoms with Gasteiger partial charge in [0.1, 0.15) is 0 Å². The molecule has 0 aromatic heterocycles. The molecule has 17 heavy (non-hydrogen) atoms. The number of hydrogen-bond donors (Lipinski definition) is 1. The van der Waals surface area contributed by atoms with Crippen molar-refractivity contribution in [2.75, 3.05) is 39.3 Å². The Morgan fingerprint density at radius 2 is 1.94 bits per heavy atom. The molecule has 1 atom stereocenters. The van der Waals surface area contributed by atoms with Crippen LogP contribution in [0, 0.1) is 0 Å². The van der Waals surface area contributed by atoms with Gasteiger partial charge in [-0.2, -0.15) is 0 Å². The molecule has 1 amide bonds. The number of rotatable bonds is 4. The largest absolute Gasteiger partial charge is 0.336 e. The predicted molar refractivity (Wildman–Crippen MR) is 76.3 cm³/mol. The van der Waals surface area contributed by atoms with Crippen molar-refractivity contribution in [1.29, 1.82) is 0 Å². The molecule has 1 saturated heterocycles. The van der Waals surface area contributed by atoms with Gasteiger partial charge in [-0.15, -0.1) is 24.8 Å². The Morgan fingerprint density at radius 3 is 2.41 bits per heavy atom. The topological polar surface area (TPSA) is 35.6 Å². The molecule has 1 fully saturated rings. The van der Waals surface area contributed by atoms with Crippen molar-refractivity contribution in [3.05, 3.63) is 0 Å². The molecule has 0 aromatic carbocycles. The van der Waals surface area contributed by atoms with Crippen LogP contribution < -0.4 is 5.32 Å². The van der Waals surface area contributed by atoms with Gasteiger partial charge in [-0.3, -0.25) is 9.69 Å². The Hall–Kier alpha value is -0.0300. The van der Waals surface area contributed by atoms with Crippen molar-refractivity contribution in [3.8, 4) is 0 Å². The Balaban J connectivity index is 0. The summed E-state index contributed by atoms with van der Waals surface area (Å²) < 4.78 is 0. The molecule has 1 aliphatic rings. The average Bonchev–Trinajstić information content (AvgIpc) is 2.26. The van der Waals surface area contributed by atoms with Crippen molar-refractivity contribution >= 4 is 30.7 Å². The van der Waals surface area contributed by atoms with E-state index in [4.69, 9.17) is 0 Å². The van der Waals surface area contributed by atoms with Gasteiger partial charge in [0.25, 0.3) is 0 Å². The Morgan fingerprint density at radius 1 is 1.35 bits per heavy atom. The summed E-state index contributed by atoms with van der Waals surface area (Å²) in [5, 5.41) is 3.29. The Labute approximate surface area is 117 Å². The maximum absolute atomic E-state index is 12.0. The Kier molecular flexibility index (Phi) is 11.3. The van der Waals surface area contributed by atoms with Crippen molar-refractivity contribution in [1.82, 2.24) is 15.1 Å². The van der Waals surface area contributed by atoms with Gasteiger partial charge in [-0.25, -0.2) is 0 Å². The predicted octanol–water partition coefficient (Wildman–Crippen LogP) is 0.992. The van der Waals surface area contributed by atoms with E-state index in [2.05, 4.69) is 31.0 Å². The standard InChI is InChI=1S/C11H23N3O.2ClH/c1-4-13(5-2)9-11(15)14-7-6-12-8-10(14)3;;/h10,12H,4-9H2,1-3H3;2*1H/t10-;;/m1../s1. The second-order valence-electron chi connectivity index (χ2n) is 4.10. The van der Waals surface area contributed by atoms with Crippen LogP contribution in [0.5, 0.6) is 0 Å². The molecule has 6 heteroatoms. The molecule has 1 N–H and O–H groups in total. The zero-order valence-corrected chi connectivity index (χ0v) is 12.6. The number of amides is 1. The van der Waals surface area contributed by atoms with Crippen LogP contribution in [-0.4, -0.2) is 61.0 Å². The van der Waals surface area contributed by atoms with E-state index < -0.39 is 0 Å². The fourth-order valence-electron chi connectivity index (χ4n) is 1.94. The second-order valence-corrected chi connectivity index (χ2v) is 4.10. The zero-order chi connectivity index (χ0) is 11.3.